The molecule has 2 N–H and O–H groups in total. The topological polar surface area (TPSA) is 90.3 Å². The van der Waals surface area contributed by atoms with Crippen LogP contribution in [0.15, 0.2) is 53.3 Å². The molecule has 0 radical (unpaired) electrons. The Hall–Kier alpha value is -3.87. The number of hydrogen-bond donors (Lipinski definition) is 1. The van der Waals surface area contributed by atoms with Gasteiger partial charge in [-0.1, -0.05) is 12.1 Å². The van der Waals surface area contributed by atoms with Crippen molar-refractivity contribution in [2.75, 3.05) is 10.6 Å². The zero-order valence-electron chi connectivity index (χ0n) is 15.3. The molecule has 0 saturated carbocycles. The van der Waals surface area contributed by atoms with Crippen LogP contribution in [0, 0.1) is 0 Å². The van der Waals surface area contributed by atoms with Gasteiger partial charge in [0, 0.05) is 30.7 Å². The summed E-state index contributed by atoms with van der Waals surface area (Å²) >= 11 is 0. The van der Waals surface area contributed by atoms with Crippen molar-refractivity contribution in [2.24, 2.45) is 14.1 Å². The number of carbonyl (C=O) groups excluding carboxylic acids is 2. The van der Waals surface area contributed by atoms with Gasteiger partial charge >= 0.3 is 5.69 Å². The van der Waals surface area contributed by atoms with Crippen LogP contribution < -0.4 is 16.3 Å². The third-order valence-corrected chi connectivity index (χ3v) is 5.38. The Morgan fingerprint density at radius 2 is 1.50 bits per heavy atom. The summed E-state index contributed by atoms with van der Waals surface area (Å²) in [5.41, 5.74) is 8.88. The first kappa shape index (κ1) is 16.3. The number of benzene rings is 3. The third kappa shape index (κ3) is 1.95. The van der Waals surface area contributed by atoms with Crippen molar-refractivity contribution in [2.45, 2.75) is 0 Å². The zero-order valence-corrected chi connectivity index (χ0v) is 15.3. The van der Waals surface area contributed by atoms with Crippen LogP contribution in [0.4, 0.5) is 11.4 Å². The summed E-state index contributed by atoms with van der Waals surface area (Å²) in [6.07, 6.45) is 0. The Morgan fingerprint density at radius 3 is 2.29 bits per heavy atom. The number of aryl methyl sites for hydroxylation is 2. The predicted octanol–water partition coefficient (Wildman–Crippen LogP) is 2.41. The molecule has 4 aromatic rings. The summed E-state index contributed by atoms with van der Waals surface area (Å²) in [4.78, 5) is 39.8. The van der Waals surface area contributed by atoms with Crippen LogP contribution in [0.1, 0.15) is 20.7 Å². The van der Waals surface area contributed by atoms with E-state index in [2.05, 4.69) is 0 Å². The molecule has 5 rings (SSSR count). The molecule has 0 bridgehead atoms. The molecular formula is C21H16N4O3. The van der Waals surface area contributed by atoms with Crippen LogP contribution in [0.5, 0.6) is 0 Å². The number of carbonyl (C=O) groups is 2. The maximum atomic E-state index is 13.2. The first-order valence-electron chi connectivity index (χ1n) is 8.75. The van der Waals surface area contributed by atoms with E-state index in [0.717, 1.165) is 15.8 Å². The van der Waals surface area contributed by atoms with E-state index >= 15 is 0 Å². The standard InChI is InChI=1S/C21H16N4O3/c1-23-16-7-6-13(10-17(16)24(2)21(23)28)25-19(26)14-5-3-4-11-8-12(22)9-15(18(11)14)20(25)27/h3-10H,22H2,1-2H3. The quantitative estimate of drug-likeness (QED) is 0.410. The van der Waals surface area contributed by atoms with Gasteiger partial charge in [-0.2, -0.15) is 0 Å². The summed E-state index contributed by atoms with van der Waals surface area (Å²) in [6.45, 7) is 0. The van der Waals surface area contributed by atoms with Gasteiger partial charge in [-0.25, -0.2) is 9.69 Å². The number of anilines is 2. The summed E-state index contributed by atoms with van der Waals surface area (Å²) in [6, 6.07) is 13.8. The lowest BCUT2D eigenvalue weighted by molar-refractivity contribution is 0.0893. The minimum absolute atomic E-state index is 0.175. The second-order valence-corrected chi connectivity index (χ2v) is 6.99. The first-order chi connectivity index (χ1) is 13.4. The molecule has 0 spiro atoms. The van der Waals surface area contributed by atoms with E-state index in [1.54, 1.807) is 56.6 Å². The number of aromatic nitrogens is 2. The molecule has 7 nitrogen and oxygen atoms in total. The minimum Gasteiger partial charge on any atom is -0.399 e. The van der Waals surface area contributed by atoms with Gasteiger partial charge in [0.15, 0.2) is 0 Å². The number of hydrogen-bond acceptors (Lipinski definition) is 4. The van der Waals surface area contributed by atoms with Crippen LogP contribution in [-0.4, -0.2) is 20.9 Å². The Morgan fingerprint density at radius 1 is 0.786 bits per heavy atom. The second kappa shape index (κ2) is 5.32. The van der Waals surface area contributed by atoms with Crippen molar-refractivity contribution >= 4 is 45.0 Å². The molecule has 0 unspecified atom stereocenters. The van der Waals surface area contributed by atoms with Crippen LogP contribution in [0.2, 0.25) is 0 Å². The maximum absolute atomic E-state index is 13.2. The number of fused-ring (bicyclic) bond motifs is 1. The fraction of sp³-hybridized carbons (Fsp3) is 0.0952. The molecule has 2 heterocycles. The van der Waals surface area contributed by atoms with Gasteiger partial charge in [-0.05, 0) is 41.8 Å². The highest BCUT2D eigenvalue weighted by Crippen LogP contribution is 2.35. The van der Waals surface area contributed by atoms with Gasteiger partial charge in [0.25, 0.3) is 11.8 Å². The van der Waals surface area contributed by atoms with E-state index in [1.807, 2.05) is 6.07 Å². The first-order valence-corrected chi connectivity index (χ1v) is 8.75. The Kier molecular flexibility index (Phi) is 3.10. The Bertz CT molecular complexity index is 1410. The summed E-state index contributed by atoms with van der Waals surface area (Å²) in [5, 5.41) is 1.38. The fourth-order valence-electron chi connectivity index (χ4n) is 4.00. The molecule has 0 atom stereocenters. The zero-order chi connectivity index (χ0) is 19.7. The highest BCUT2D eigenvalue weighted by molar-refractivity contribution is 6.36. The average Bonchev–Trinajstić information content (AvgIpc) is 2.90. The molecule has 0 saturated heterocycles. The van der Waals surface area contributed by atoms with Crippen LogP contribution in [0.25, 0.3) is 21.8 Å². The Balaban J connectivity index is 1.77. The normalized spacial score (nSPS) is 13.7. The van der Waals surface area contributed by atoms with Crippen molar-refractivity contribution in [1.29, 1.82) is 0 Å². The van der Waals surface area contributed by atoms with E-state index in [1.165, 1.54) is 9.13 Å². The maximum Gasteiger partial charge on any atom is 0.328 e. The smallest absolute Gasteiger partial charge is 0.328 e. The van der Waals surface area contributed by atoms with Crippen molar-refractivity contribution in [3.8, 4) is 0 Å². The van der Waals surface area contributed by atoms with Gasteiger partial charge in [0.1, 0.15) is 0 Å². The van der Waals surface area contributed by atoms with E-state index < -0.39 is 11.8 Å². The lowest BCUT2D eigenvalue weighted by Crippen LogP contribution is -2.40. The molecule has 0 aliphatic carbocycles. The van der Waals surface area contributed by atoms with Crippen molar-refractivity contribution in [1.82, 2.24) is 9.13 Å². The van der Waals surface area contributed by atoms with Crippen LogP contribution in [-0.2, 0) is 14.1 Å². The van der Waals surface area contributed by atoms with E-state index in [9.17, 15) is 14.4 Å². The number of nitrogens with zero attached hydrogens (tertiary/aromatic N) is 3. The largest absolute Gasteiger partial charge is 0.399 e. The number of nitrogens with two attached hydrogens (primary N) is 1. The highest BCUT2D eigenvalue weighted by Gasteiger charge is 2.34. The molecule has 2 amide bonds. The van der Waals surface area contributed by atoms with E-state index in [4.69, 9.17) is 5.73 Å². The average molecular weight is 372 g/mol. The molecule has 1 aromatic heterocycles. The molecule has 138 valence electrons. The monoisotopic (exact) mass is 372 g/mol. The molecular weight excluding hydrogens is 356 g/mol. The summed E-state index contributed by atoms with van der Waals surface area (Å²) in [7, 11) is 3.34. The lowest BCUT2D eigenvalue weighted by atomic mass is 9.93. The summed E-state index contributed by atoms with van der Waals surface area (Å²) < 4.78 is 3.01. The van der Waals surface area contributed by atoms with Crippen molar-refractivity contribution in [3.05, 3.63) is 70.1 Å². The molecule has 1 aliphatic heterocycles. The molecule has 28 heavy (non-hydrogen) atoms. The lowest BCUT2D eigenvalue weighted by Gasteiger charge is -2.27. The van der Waals surface area contributed by atoms with Gasteiger partial charge in [-0.3, -0.25) is 18.7 Å². The number of rotatable bonds is 1. The van der Waals surface area contributed by atoms with Gasteiger partial charge in [0.05, 0.1) is 22.3 Å². The number of imide groups is 1. The minimum atomic E-state index is -0.429. The summed E-state index contributed by atoms with van der Waals surface area (Å²) in [5.74, 6) is -0.825. The predicted molar refractivity (Wildman–Crippen MR) is 108 cm³/mol. The van der Waals surface area contributed by atoms with E-state index in [0.29, 0.717) is 33.4 Å². The fourth-order valence-corrected chi connectivity index (χ4v) is 4.00. The van der Waals surface area contributed by atoms with E-state index in [-0.39, 0.29) is 5.69 Å². The SMILES string of the molecule is Cn1c(=O)n(C)c2cc(N3C(=O)c4cccc5cc(N)cc(c45)C3=O)ccc21. The number of imidazole rings is 1. The molecule has 0 fully saturated rings. The van der Waals surface area contributed by atoms with Gasteiger partial charge in [-0.15, -0.1) is 0 Å². The number of amides is 2. The second-order valence-electron chi connectivity index (χ2n) is 6.99. The van der Waals surface area contributed by atoms with Crippen molar-refractivity contribution < 1.29 is 9.59 Å². The van der Waals surface area contributed by atoms with Crippen LogP contribution >= 0.6 is 0 Å². The van der Waals surface area contributed by atoms with Gasteiger partial charge < -0.3 is 5.73 Å². The Labute approximate surface area is 159 Å². The third-order valence-electron chi connectivity index (χ3n) is 5.38. The van der Waals surface area contributed by atoms with Gasteiger partial charge in [0.2, 0.25) is 0 Å². The molecule has 7 heteroatoms. The molecule has 1 aliphatic rings. The highest BCUT2D eigenvalue weighted by atomic mass is 16.2. The molecule has 3 aromatic carbocycles. The van der Waals surface area contributed by atoms with Crippen LogP contribution in [0.3, 0.4) is 0 Å². The number of nitrogen functional groups attached to an aromatic ring is 1. The van der Waals surface area contributed by atoms with Crippen molar-refractivity contribution in [3.63, 3.8) is 0 Å².